The van der Waals surface area contributed by atoms with Gasteiger partial charge in [-0.1, -0.05) is 66.7 Å². The standard InChI is InChI=1S/C23H19NO5/c25-21-14-13-20(22(26)29-21)24(23(27)28-15-16-7-2-1-3-8-16)19-12-6-10-17-9-4-5-11-18(17)19/h1-12,20H,13-15H2/t20-/m0/s1. The fourth-order valence-corrected chi connectivity index (χ4v) is 3.44. The zero-order valence-electron chi connectivity index (χ0n) is 15.6. The Morgan fingerprint density at radius 1 is 0.966 bits per heavy atom. The largest absolute Gasteiger partial charge is 0.444 e. The number of amides is 1. The van der Waals surface area contributed by atoms with Crippen molar-refractivity contribution in [1.29, 1.82) is 0 Å². The van der Waals surface area contributed by atoms with Gasteiger partial charge in [-0.2, -0.15) is 0 Å². The van der Waals surface area contributed by atoms with Crippen LogP contribution >= 0.6 is 0 Å². The number of hydrogen-bond acceptors (Lipinski definition) is 5. The zero-order chi connectivity index (χ0) is 20.2. The highest BCUT2D eigenvalue weighted by Crippen LogP contribution is 2.31. The minimum absolute atomic E-state index is 0.0592. The SMILES string of the molecule is O=C1CC[C@H](N(C(=O)OCc2ccccc2)c2cccc3ccccc23)C(=O)O1. The average molecular weight is 389 g/mol. The van der Waals surface area contributed by atoms with Crippen molar-refractivity contribution in [2.75, 3.05) is 4.90 Å². The molecule has 0 aliphatic carbocycles. The van der Waals surface area contributed by atoms with Crippen molar-refractivity contribution in [2.24, 2.45) is 0 Å². The summed E-state index contributed by atoms with van der Waals surface area (Å²) in [6, 6.07) is 21.4. The molecule has 6 nitrogen and oxygen atoms in total. The molecule has 4 rings (SSSR count). The summed E-state index contributed by atoms with van der Waals surface area (Å²) in [5.74, 6) is -1.33. The summed E-state index contributed by atoms with van der Waals surface area (Å²) in [6.45, 7) is 0.0711. The van der Waals surface area contributed by atoms with E-state index in [9.17, 15) is 14.4 Å². The molecule has 0 radical (unpaired) electrons. The van der Waals surface area contributed by atoms with Crippen molar-refractivity contribution in [3.8, 4) is 0 Å². The third-order valence-electron chi connectivity index (χ3n) is 4.85. The molecule has 29 heavy (non-hydrogen) atoms. The van der Waals surface area contributed by atoms with Gasteiger partial charge in [-0.25, -0.2) is 9.59 Å². The summed E-state index contributed by atoms with van der Waals surface area (Å²) >= 11 is 0. The molecule has 3 aromatic carbocycles. The molecule has 1 amide bonds. The Kier molecular flexibility index (Phi) is 5.24. The van der Waals surface area contributed by atoms with Crippen molar-refractivity contribution < 1.29 is 23.9 Å². The fourth-order valence-electron chi connectivity index (χ4n) is 3.44. The maximum atomic E-state index is 13.1. The van der Waals surface area contributed by atoms with Gasteiger partial charge in [0.1, 0.15) is 12.6 Å². The Hall–Kier alpha value is -3.67. The lowest BCUT2D eigenvalue weighted by Gasteiger charge is -2.32. The molecular formula is C23H19NO5. The lowest BCUT2D eigenvalue weighted by Crippen LogP contribution is -2.49. The molecule has 1 atom stereocenters. The van der Waals surface area contributed by atoms with Gasteiger partial charge in [-0.3, -0.25) is 9.69 Å². The van der Waals surface area contributed by atoms with E-state index in [0.29, 0.717) is 5.69 Å². The van der Waals surface area contributed by atoms with Gasteiger partial charge in [0.05, 0.1) is 5.69 Å². The topological polar surface area (TPSA) is 72.9 Å². The molecule has 1 fully saturated rings. The van der Waals surface area contributed by atoms with Crippen LogP contribution in [0, 0.1) is 0 Å². The monoisotopic (exact) mass is 389 g/mol. The van der Waals surface area contributed by atoms with Gasteiger partial charge in [0.25, 0.3) is 0 Å². The van der Waals surface area contributed by atoms with E-state index in [1.807, 2.05) is 66.7 Å². The molecule has 146 valence electrons. The maximum absolute atomic E-state index is 13.1. The van der Waals surface area contributed by atoms with Crippen LogP contribution in [0.3, 0.4) is 0 Å². The molecular weight excluding hydrogens is 370 g/mol. The quantitative estimate of drug-likeness (QED) is 0.494. The smallest absolute Gasteiger partial charge is 0.415 e. The van der Waals surface area contributed by atoms with Crippen LogP contribution in [-0.4, -0.2) is 24.1 Å². The number of hydrogen-bond donors (Lipinski definition) is 0. The molecule has 1 aliphatic rings. The van der Waals surface area contributed by atoms with Gasteiger partial charge in [-0.15, -0.1) is 0 Å². The van der Waals surface area contributed by atoms with E-state index in [1.54, 1.807) is 6.07 Å². The maximum Gasteiger partial charge on any atom is 0.415 e. The molecule has 1 heterocycles. The molecule has 0 bridgehead atoms. The average Bonchev–Trinajstić information content (AvgIpc) is 2.75. The van der Waals surface area contributed by atoms with Gasteiger partial charge in [0.15, 0.2) is 0 Å². The predicted octanol–water partition coefficient (Wildman–Crippen LogP) is 4.22. The van der Waals surface area contributed by atoms with Crippen LogP contribution in [0.5, 0.6) is 0 Å². The van der Waals surface area contributed by atoms with Crippen LogP contribution in [0.1, 0.15) is 18.4 Å². The molecule has 0 unspecified atom stereocenters. The van der Waals surface area contributed by atoms with Crippen LogP contribution < -0.4 is 4.90 Å². The molecule has 1 saturated heterocycles. The second kappa shape index (κ2) is 8.14. The molecule has 0 N–H and O–H groups in total. The molecule has 6 heteroatoms. The molecule has 0 spiro atoms. The summed E-state index contributed by atoms with van der Waals surface area (Å²) in [4.78, 5) is 38.3. The minimum Gasteiger partial charge on any atom is -0.444 e. The first-order chi connectivity index (χ1) is 14.1. The number of carbonyl (C=O) groups is 3. The van der Waals surface area contributed by atoms with E-state index < -0.39 is 24.1 Å². The number of ether oxygens (including phenoxy) is 2. The van der Waals surface area contributed by atoms with E-state index in [1.165, 1.54) is 4.90 Å². The van der Waals surface area contributed by atoms with E-state index in [2.05, 4.69) is 0 Å². The number of fused-ring (bicyclic) bond motifs is 1. The Bertz CT molecular complexity index is 1060. The number of nitrogens with zero attached hydrogens (tertiary/aromatic N) is 1. The summed E-state index contributed by atoms with van der Waals surface area (Å²) in [5, 5.41) is 1.72. The van der Waals surface area contributed by atoms with Crippen molar-refractivity contribution in [3.63, 3.8) is 0 Å². The Morgan fingerprint density at radius 3 is 2.48 bits per heavy atom. The fraction of sp³-hybridized carbons (Fsp3) is 0.174. The second-order valence-corrected chi connectivity index (χ2v) is 6.76. The first-order valence-corrected chi connectivity index (χ1v) is 9.35. The Morgan fingerprint density at radius 2 is 1.69 bits per heavy atom. The number of anilines is 1. The summed E-state index contributed by atoms with van der Waals surface area (Å²) in [6.07, 6.45) is -0.424. The third-order valence-corrected chi connectivity index (χ3v) is 4.85. The first kappa shape index (κ1) is 18.7. The highest BCUT2D eigenvalue weighted by atomic mass is 16.6. The summed E-state index contributed by atoms with van der Waals surface area (Å²) < 4.78 is 10.3. The third kappa shape index (κ3) is 3.96. The molecule has 3 aromatic rings. The predicted molar refractivity (Wildman–Crippen MR) is 107 cm³/mol. The van der Waals surface area contributed by atoms with Crippen LogP contribution in [0.25, 0.3) is 10.8 Å². The minimum atomic E-state index is -0.929. The van der Waals surface area contributed by atoms with E-state index in [-0.39, 0.29) is 19.4 Å². The van der Waals surface area contributed by atoms with Crippen LogP contribution in [-0.2, 0) is 25.7 Å². The van der Waals surface area contributed by atoms with Crippen molar-refractivity contribution in [1.82, 2.24) is 0 Å². The Labute approximate surface area is 167 Å². The van der Waals surface area contributed by atoms with Crippen molar-refractivity contribution in [2.45, 2.75) is 25.5 Å². The summed E-state index contributed by atoms with van der Waals surface area (Å²) in [5.41, 5.74) is 1.37. The number of benzene rings is 3. The number of cyclic esters (lactones) is 2. The van der Waals surface area contributed by atoms with Crippen molar-refractivity contribution >= 4 is 34.5 Å². The molecule has 0 saturated carbocycles. The lowest BCUT2D eigenvalue weighted by atomic mass is 10.0. The first-order valence-electron chi connectivity index (χ1n) is 9.35. The van der Waals surface area contributed by atoms with Crippen LogP contribution in [0.15, 0.2) is 72.8 Å². The zero-order valence-corrected chi connectivity index (χ0v) is 15.6. The highest BCUT2D eigenvalue weighted by molar-refractivity contribution is 6.06. The van der Waals surface area contributed by atoms with E-state index in [0.717, 1.165) is 16.3 Å². The van der Waals surface area contributed by atoms with Gasteiger partial charge < -0.3 is 9.47 Å². The van der Waals surface area contributed by atoms with Gasteiger partial charge in [-0.05, 0) is 23.4 Å². The van der Waals surface area contributed by atoms with Gasteiger partial charge in [0, 0.05) is 11.8 Å². The molecule has 0 aromatic heterocycles. The van der Waals surface area contributed by atoms with E-state index in [4.69, 9.17) is 9.47 Å². The number of rotatable bonds is 4. The van der Waals surface area contributed by atoms with Gasteiger partial charge in [0.2, 0.25) is 0 Å². The van der Waals surface area contributed by atoms with Crippen molar-refractivity contribution in [3.05, 3.63) is 78.4 Å². The van der Waals surface area contributed by atoms with Crippen LogP contribution in [0.4, 0.5) is 10.5 Å². The van der Waals surface area contributed by atoms with E-state index >= 15 is 0 Å². The summed E-state index contributed by atoms with van der Waals surface area (Å²) in [7, 11) is 0. The van der Waals surface area contributed by atoms with Crippen LogP contribution in [0.2, 0.25) is 0 Å². The van der Waals surface area contributed by atoms with Gasteiger partial charge >= 0.3 is 18.0 Å². The Balaban J connectivity index is 1.70. The molecule has 1 aliphatic heterocycles. The number of esters is 2. The highest BCUT2D eigenvalue weighted by Gasteiger charge is 2.38. The second-order valence-electron chi connectivity index (χ2n) is 6.76. The lowest BCUT2D eigenvalue weighted by molar-refractivity contribution is -0.164. The normalized spacial score (nSPS) is 16.3. The number of carbonyl (C=O) groups excluding carboxylic acids is 3.